The molecule has 124 valence electrons. The van der Waals surface area contributed by atoms with Crippen LogP contribution in [0.2, 0.25) is 0 Å². The van der Waals surface area contributed by atoms with E-state index in [4.69, 9.17) is 0 Å². The van der Waals surface area contributed by atoms with Crippen molar-refractivity contribution < 1.29 is 5.11 Å². The van der Waals surface area contributed by atoms with Gasteiger partial charge in [-0.2, -0.15) is 10.5 Å². The van der Waals surface area contributed by atoms with Gasteiger partial charge in [0.05, 0.1) is 5.69 Å². The van der Waals surface area contributed by atoms with Crippen LogP contribution < -0.4 is 5.32 Å². The summed E-state index contributed by atoms with van der Waals surface area (Å²) in [5.41, 5.74) is 3.42. The molecule has 3 rings (SSSR count). The van der Waals surface area contributed by atoms with Crippen molar-refractivity contribution in [3.63, 3.8) is 0 Å². The van der Waals surface area contributed by atoms with Crippen LogP contribution in [0.3, 0.4) is 0 Å². The average Bonchev–Trinajstić information content (AvgIpc) is 3.14. The number of para-hydroxylation sites is 1. The SMILES string of the molecule is Cc1ccc(-c2ccccc2O)c(NC=C(C#N)c2nn[nH]n2)c1Br. The minimum atomic E-state index is 0.170. The van der Waals surface area contributed by atoms with Gasteiger partial charge in [0.2, 0.25) is 5.82 Å². The number of nitrogens with zero attached hydrogens (tertiary/aromatic N) is 4. The average molecular weight is 397 g/mol. The van der Waals surface area contributed by atoms with Gasteiger partial charge in [-0.05, 0) is 39.7 Å². The fourth-order valence-corrected chi connectivity index (χ4v) is 2.77. The molecule has 0 aliphatic rings. The Bertz CT molecular complexity index is 975. The van der Waals surface area contributed by atoms with Crippen molar-refractivity contribution in [3.05, 3.63) is 58.5 Å². The third kappa shape index (κ3) is 3.36. The number of aromatic amines is 1. The van der Waals surface area contributed by atoms with Crippen molar-refractivity contribution in [1.82, 2.24) is 20.6 Å². The zero-order valence-electron chi connectivity index (χ0n) is 13.2. The predicted octanol–water partition coefficient (Wildman–Crippen LogP) is 3.62. The highest BCUT2D eigenvalue weighted by molar-refractivity contribution is 9.10. The van der Waals surface area contributed by atoms with Crippen molar-refractivity contribution in [2.24, 2.45) is 0 Å². The standard InChI is InChI=1S/C17H13BrN6O/c1-10-6-7-13(12-4-2-3-5-14(12)25)16(15(10)18)20-9-11(8-19)17-21-23-24-22-17/h2-7,9,20,25H,1H3,(H,21,22,23,24). The summed E-state index contributed by atoms with van der Waals surface area (Å²) in [6, 6.07) is 13.0. The minimum Gasteiger partial charge on any atom is -0.507 e. The molecule has 25 heavy (non-hydrogen) atoms. The first-order chi connectivity index (χ1) is 12.1. The van der Waals surface area contributed by atoms with Crippen LogP contribution in [0.1, 0.15) is 11.4 Å². The molecule has 0 saturated heterocycles. The quantitative estimate of drug-likeness (QED) is 0.580. The number of anilines is 1. The maximum absolute atomic E-state index is 10.2. The number of aromatic hydroxyl groups is 1. The molecule has 0 spiro atoms. The third-order valence-electron chi connectivity index (χ3n) is 3.60. The second-order valence-electron chi connectivity index (χ2n) is 5.19. The first kappa shape index (κ1) is 16.7. The number of rotatable bonds is 4. The minimum absolute atomic E-state index is 0.170. The smallest absolute Gasteiger partial charge is 0.216 e. The first-order valence-corrected chi connectivity index (χ1v) is 8.09. The molecule has 0 saturated carbocycles. The molecule has 0 bridgehead atoms. The van der Waals surface area contributed by atoms with Crippen LogP contribution in [0, 0.1) is 18.3 Å². The predicted molar refractivity (Wildman–Crippen MR) is 97.4 cm³/mol. The summed E-state index contributed by atoms with van der Waals surface area (Å²) in [5.74, 6) is 0.367. The molecule has 3 aromatic rings. The van der Waals surface area contributed by atoms with Crippen LogP contribution in [-0.2, 0) is 0 Å². The van der Waals surface area contributed by atoms with Gasteiger partial charge in [0.25, 0.3) is 0 Å². The summed E-state index contributed by atoms with van der Waals surface area (Å²) in [5, 5.41) is 36.0. The monoisotopic (exact) mass is 396 g/mol. The van der Waals surface area contributed by atoms with Crippen molar-refractivity contribution in [2.45, 2.75) is 6.92 Å². The first-order valence-electron chi connectivity index (χ1n) is 7.30. The molecular weight excluding hydrogens is 384 g/mol. The maximum Gasteiger partial charge on any atom is 0.216 e. The summed E-state index contributed by atoms with van der Waals surface area (Å²) in [6.45, 7) is 1.96. The number of nitriles is 1. The van der Waals surface area contributed by atoms with Gasteiger partial charge in [-0.1, -0.05) is 30.3 Å². The molecule has 0 atom stereocenters. The Labute approximate surface area is 152 Å². The lowest BCUT2D eigenvalue weighted by Crippen LogP contribution is -1.97. The number of phenols is 1. The van der Waals surface area contributed by atoms with E-state index in [1.165, 1.54) is 6.20 Å². The van der Waals surface area contributed by atoms with E-state index in [1.807, 2.05) is 37.3 Å². The lowest BCUT2D eigenvalue weighted by Gasteiger charge is -2.15. The van der Waals surface area contributed by atoms with Crippen LogP contribution in [0.5, 0.6) is 5.75 Å². The Morgan fingerprint density at radius 2 is 2.08 bits per heavy atom. The summed E-state index contributed by atoms with van der Waals surface area (Å²) >= 11 is 3.57. The maximum atomic E-state index is 10.2. The van der Waals surface area contributed by atoms with E-state index in [-0.39, 0.29) is 17.1 Å². The molecule has 0 unspecified atom stereocenters. The van der Waals surface area contributed by atoms with Gasteiger partial charge < -0.3 is 10.4 Å². The zero-order valence-corrected chi connectivity index (χ0v) is 14.7. The number of tetrazole rings is 1. The van der Waals surface area contributed by atoms with E-state index >= 15 is 0 Å². The number of nitrogens with one attached hydrogen (secondary N) is 2. The molecule has 2 aromatic carbocycles. The van der Waals surface area contributed by atoms with Crippen molar-refractivity contribution in [3.8, 4) is 22.9 Å². The highest BCUT2D eigenvalue weighted by Gasteiger charge is 2.14. The molecule has 1 heterocycles. The van der Waals surface area contributed by atoms with E-state index in [2.05, 4.69) is 41.9 Å². The van der Waals surface area contributed by atoms with Gasteiger partial charge in [-0.3, -0.25) is 0 Å². The van der Waals surface area contributed by atoms with Gasteiger partial charge >= 0.3 is 0 Å². The van der Waals surface area contributed by atoms with Crippen molar-refractivity contribution >= 4 is 27.2 Å². The second-order valence-corrected chi connectivity index (χ2v) is 5.98. The van der Waals surface area contributed by atoms with E-state index in [1.54, 1.807) is 12.1 Å². The third-order valence-corrected chi connectivity index (χ3v) is 4.62. The van der Waals surface area contributed by atoms with E-state index in [9.17, 15) is 10.4 Å². The molecule has 0 aliphatic heterocycles. The number of H-pyrrole nitrogens is 1. The number of halogens is 1. The van der Waals surface area contributed by atoms with Crippen molar-refractivity contribution in [1.29, 1.82) is 5.26 Å². The molecule has 0 radical (unpaired) electrons. The highest BCUT2D eigenvalue weighted by atomic mass is 79.9. The van der Waals surface area contributed by atoms with Crippen LogP contribution in [0.4, 0.5) is 5.69 Å². The molecule has 8 heteroatoms. The Balaban J connectivity index is 2.08. The van der Waals surface area contributed by atoms with Crippen LogP contribution in [0.15, 0.2) is 47.1 Å². The fraction of sp³-hybridized carbons (Fsp3) is 0.0588. The lowest BCUT2D eigenvalue weighted by molar-refractivity contribution is 0.477. The molecule has 7 nitrogen and oxygen atoms in total. The van der Waals surface area contributed by atoms with Crippen LogP contribution in [0.25, 0.3) is 16.7 Å². The Kier molecular flexibility index (Phi) is 4.77. The topological polar surface area (TPSA) is 111 Å². The molecule has 0 amide bonds. The normalized spacial score (nSPS) is 11.2. The summed E-state index contributed by atoms with van der Waals surface area (Å²) in [4.78, 5) is 0. The summed E-state index contributed by atoms with van der Waals surface area (Å²) < 4.78 is 0.829. The number of benzene rings is 2. The Morgan fingerprint density at radius 3 is 2.76 bits per heavy atom. The van der Waals surface area contributed by atoms with Crippen LogP contribution in [-0.4, -0.2) is 25.7 Å². The molecular formula is C17H13BrN6O. The Morgan fingerprint density at radius 1 is 1.28 bits per heavy atom. The molecule has 0 fully saturated rings. The van der Waals surface area contributed by atoms with E-state index < -0.39 is 0 Å². The highest BCUT2D eigenvalue weighted by Crippen LogP contribution is 2.40. The number of aryl methyl sites for hydroxylation is 1. The summed E-state index contributed by atoms with van der Waals surface area (Å²) in [6.07, 6.45) is 1.51. The molecule has 1 aromatic heterocycles. The van der Waals surface area contributed by atoms with Gasteiger partial charge in [0.15, 0.2) is 0 Å². The van der Waals surface area contributed by atoms with Crippen LogP contribution >= 0.6 is 15.9 Å². The number of phenolic OH excluding ortho intramolecular Hbond substituents is 1. The second kappa shape index (κ2) is 7.15. The number of hydrogen-bond acceptors (Lipinski definition) is 6. The lowest BCUT2D eigenvalue weighted by atomic mass is 10.0. The van der Waals surface area contributed by atoms with Gasteiger partial charge in [-0.15, -0.1) is 10.2 Å². The fourth-order valence-electron chi connectivity index (χ4n) is 2.31. The van der Waals surface area contributed by atoms with E-state index in [0.29, 0.717) is 5.56 Å². The number of aromatic nitrogens is 4. The number of allylic oxidation sites excluding steroid dienone is 1. The summed E-state index contributed by atoms with van der Waals surface area (Å²) in [7, 11) is 0. The Hall–Kier alpha value is -3.18. The van der Waals surface area contributed by atoms with Gasteiger partial charge in [0, 0.05) is 21.8 Å². The van der Waals surface area contributed by atoms with E-state index in [0.717, 1.165) is 21.3 Å². The molecule has 0 aliphatic carbocycles. The largest absolute Gasteiger partial charge is 0.507 e. The van der Waals surface area contributed by atoms with Gasteiger partial charge in [-0.25, -0.2) is 0 Å². The van der Waals surface area contributed by atoms with Gasteiger partial charge in [0.1, 0.15) is 17.4 Å². The van der Waals surface area contributed by atoms with Crippen molar-refractivity contribution in [2.75, 3.05) is 5.32 Å². The zero-order chi connectivity index (χ0) is 17.8. The molecule has 3 N–H and O–H groups in total. The number of hydrogen-bond donors (Lipinski definition) is 3.